The Hall–Kier alpha value is -2.32. The van der Waals surface area contributed by atoms with Crippen LogP contribution < -0.4 is 0 Å². The van der Waals surface area contributed by atoms with Crippen LogP contribution in [0.15, 0.2) is 60.7 Å². The number of rotatable bonds is 4. The molecule has 6 rings (SSSR count). The van der Waals surface area contributed by atoms with Crippen molar-refractivity contribution in [3.05, 3.63) is 71.8 Å². The van der Waals surface area contributed by atoms with Crippen molar-refractivity contribution in [2.45, 2.75) is 23.7 Å². The second-order valence-electron chi connectivity index (χ2n) is 9.88. The van der Waals surface area contributed by atoms with E-state index in [-0.39, 0.29) is 23.7 Å². The number of hydrogen-bond donors (Lipinski definition) is 0. The minimum absolute atomic E-state index is 0.296. The van der Waals surface area contributed by atoms with Gasteiger partial charge in [-0.3, -0.25) is 9.80 Å². The second kappa shape index (κ2) is 10.6. The minimum Gasteiger partial charge on any atom is -0.364 e. The topological polar surface area (TPSA) is 61.9 Å². The van der Waals surface area contributed by atoms with Gasteiger partial charge in [0, 0.05) is 11.1 Å². The molecule has 0 unspecified atom stereocenters. The first kappa shape index (κ1) is 24.0. The second-order valence-corrected chi connectivity index (χ2v) is 9.88. The third-order valence-corrected chi connectivity index (χ3v) is 7.40. The molecule has 4 aliphatic heterocycles. The Bertz CT molecular complexity index is 972. The van der Waals surface area contributed by atoms with Gasteiger partial charge in [-0.25, -0.2) is 0 Å². The maximum Gasteiger partial charge on any atom is 0.183 e. The summed E-state index contributed by atoms with van der Waals surface area (Å²) in [7, 11) is 0. The average molecular weight is 493 g/mol. The molecule has 4 fully saturated rings. The van der Waals surface area contributed by atoms with Crippen LogP contribution in [0.1, 0.15) is 23.7 Å². The van der Waals surface area contributed by atoms with E-state index in [4.69, 9.17) is 28.4 Å². The molecule has 0 saturated carbocycles. The van der Waals surface area contributed by atoms with Crippen molar-refractivity contribution < 1.29 is 28.4 Å². The highest BCUT2D eigenvalue weighted by molar-refractivity contribution is 5.18. The van der Waals surface area contributed by atoms with E-state index >= 15 is 0 Å². The molecule has 2 aromatic carbocycles. The van der Waals surface area contributed by atoms with E-state index in [0.29, 0.717) is 66.2 Å². The zero-order chi connectivity index (χ0) is 24.3. The molecule has 0 atom stereocenters. The van der Waals surface area contributed by atoms with Crippen molar-refractivity contribution in [1.29, 1.82) is 0 Å². The van der Waals surface area contributed by atoms with Gasteiger partial charge in [-0.15, -0.1) is 0 Å². The first-order valence-electron chi connectivity index (χ1n) is 12.4. The Kier molecular flexibility index (Phi) is 7.07. The highest BCUT2D eigenvalue weighted by atomic mass is 16.7. The SMILES string of the molecule is C(#CCN1COCC12COC(c1ccccc1)OC2)CN1COCC12COC(c1ccccc1)OC2. The molecule has 8 nitrogen and oxygen atoms in total. The molecule has 0 radical (unpaired) electrons. The van der Waals surface area contributed by atoms with Crippen molar-refractivity contribution in [3.63, 3.8) is 0 Å². The van der Waals surface area contributed by atoms with Gasteiger partial charge in [0.25, 0.3) is 0 Å². The lowest BCUT2D eigenvalue weighted by Gasteiger charge is -2.41. The molecule has 0 bridgehead atoms. The Morgan fingerprint density at radius 2 is 0.972 bits per heavy atom. The molecule has 190 valence electrons. The van der Waals surface area contributed by atoms with E-state index < -0.39 is 0 Å². The van der Waals surface area contributed by atoms with Gasteiger partial charge in [-0.05, 0) is 0 Å². The fraction of sp³-hybridized carbons (Fsp3) is 0.500. The van der Waals surface area contributed by atoms with Crippen LogP contribution in [0.25, 0.3) is 0 Å². The van der Waals surface area contributed by atoms with Crippen molar-refractivity contribution in [2.24, 2.45) is 0 Å². The van der Waals surface area contributed by atoms with E-state index in [1.807, 2.05) is 60.7 Å². The summed E-state index contributed by atoms with van der Waals surface area (Å²) >= 11 is 0. The standard InChI is InChI=1S/C28H32N2O6/c1-3-9-23(10-4-1)25-33-17-27(18-34-25)15-31-21-29(27)13-7-8-14-30-22-32-16-28(30)19-35-26(36-20-28)24-11-5-2-6-12-24/h1-6,9-12,25-26H,13-22H2. The van der Waals surface area contributed by atoms with Gasteiger partial charge in [-0.2, -0.15) is 0 Å². The summed E-state index contributed by atoms with van der Waals surface area (Å²) in [6.07, 6.45) is -0.670. The molecule has 4 heterocycles. The summed E-state index contributed by atoms with van der Waals surface area (Å²) < 4.78 is 35.9. The summed E-state index contributed by atoms with van der Waals surface area (Å²) in [5.74, 6) is 6.66. The molecule has 2 spiro atoms. The number of hydrogen-bond acceptors (Lipinski definition) is 8. The minimum atomic E-state index is -0.335. The number of benzene rings is 2. The fourth-order valence-electron chi connectivity index (χ4n) is 5.12. The normalized spacial score (nSPS) is 33.1. The lowest BCUT2D eigenvalue weighted by Crippen LogP contribution is -2.56. The van der Waals surface area contributed by atoms with Crippen LogP contribution in [0.4, 0.5) is 0 Å². The number of nitrogens with zero attached hydrogens (tertiary/aromatic N) is 2. The van der Waals surface area contributed by atoms with Crippen LogP contribution >= 0.6 is 0 Å². The summed E-state index contributed by atoms with van der Waals surface area (Å²) in [6, 6.07) is 20.1. The van der Waals surface area contributed by atoms with Crippen LogP contribution in [0.5, 0.6) is 0 Å². The van der Waals surface area contributed by atoms with Crippen molar-refractivity contribution in [2.75, 3.05) is 66.2 Å². The Labute approximate surface area is 212 Å². The highest BCUT2D eigenvalue weighted by Crippen LogP contribution is 2.34. The van der Waals surface area contributed by atoms with Crippen molar-refractivity contribution >= 4 is 0 Å². The Morgan fingerprint density at radius 1 is 0.583 bits per heavy atom. The van der Waals surface area contributed by atoms with Crippen LogP contribution in [-0.4, -0.2) is 87.1 Å². The number of ether oxygens (including phenoxy) is 6. The summed E-state index contributed by atoms with van der Waals surface area (Å²) in [4.78, 5) is 4.43. The van der Waals surface area contributed by atoms with E-state index in [0.717, 1.165) is 11.1 Å². The molecule has 8 heteroatoms. The smallest absolute Gasteiger partial charge is 0.183 e. The van der Waals surface area contributed by atoms with E-state index in [9.17, 15) is 0 Å². The third kappa shape index (κ3) is 4.82. The van der Waals surface area contributed by atoms with E-state index in [1.54, 1.807) is 0 Å². The highest BCUT2D eigenvalue weighted by Gasteiger charge is 2.47. The zero-order valence-electron chi connectivity index (χ0n) is 20.3. The van der Waals surface area contributed by atoms with Gasteiger partial charge in [0.1, 0.15) is 13.5 Å². The molecule has 2 aromatic rings. The van der Waals surface area contributed by atoms with Gasteiger partial charge in [0.2, 0.25) is 0 Å². The fourth-order valence-corrected chi connectivity index (χ4v) is 5.12. The first-order valence-corrected chi connectivity index (χ1v) is 12.4. The molecule has 4 aliphatic rings. The van der Waals surface area contributed by atoms with Gasteiger partial charge < -0.3 is 28.4 Å². The van der Waals surface area contributed by atoms with E-state index in [2.05, 4.69) is 21.6 Å². The predicted octanol–water partition coefficient (Wildman–Crippen LogP) is 2.54. The molecular weight excluding hydrogens is 460 g/mol. The van der Waals surface area contributed by atoms with Gasteiger partial charge in [0.15, 0.2) is 12.6 Å². The largest absolute Gasteiger partial charge is 0.364 e. The van der Waals surface area contributed by atoms with Gasteiger partial charge in [-0.1, -0.05) is 72.5 Å². The molecule has 0 N–H and O–H groups in total. The maximum absolute atomic E-state index is 6.09. The summed E-state index contributed by atoms with van der Waals surface area (Å²) in [6.45, 7) is 5.59. The molecule has 4 saturated heterocycles. The van der Waals surface area contributed by atoms with E-state index in [1.165, 1.54) is 0 Å². The quantitative estimate of drug-likeness (QED) is 0.604. The molecule has 0 aromatic heterocycles. The summed E-state index contributed by atoms with van der Waals surface area (Å²) in [5.41, 5.74) is 1.47. The predicted molar refractivity (Wildman–Crippen MR) is 130 cm³/mol. The zero-order valence-corrected chi connectivity index (χ0v) is 20.3. The van der Waals surface area contributed by atoms with Crippen molar-refractivity contribution in [1.82, 2.24) is 9.80 Å². The first-order chi connectivity index (χ1) is 17.8. The average Bonchev–Trinajstić information content (AvgIpc) is 3.52. The lowest BCUT2D eigenvalue weighted by atomic mass is 10.0. The van der Waals surface area contributed by atoms with Crippen molar-refractivity contribution in [3.8, 4) is 11.8 Å². The molecule has 36 heavy (non-hydrogen) atoms. The van der Waals surface area contributed by atoms with Crippen LogP contribution in [-0.2, 0) is 28.4 Å². The van der Waals surface area contributed by atoms with Gasteiger partial charge >= 0.3 is 0 Å². The molecule has 0 amide bonds. The van der Waals surface area contributed by atoms with Gasteiger partial charge in [0.05, 0.1) is 63.8 Å². The lowest BCUT2D eigenvalue weighted by molar-refractivity contribution is -0.230. The Balaban J connectivity index is 1.02. The Morgan fingerprint density at radius 3 is 1.36 bits per heavy atom. The maximum atomic E-state index is 6.09. The monoisotopic (exact) mass is 492 g/mol. The van der Waals surface area contributed by atoms with Crippen LogP contribution in [0.3, 0.4) is 0 Å². The summed E-state index contributed by atoms with van der Waals surface area (Å²) in [5, 5.41) is 0. The van der Waals surface area contributed by atoms with Crippen LogP contribution in [0, 0.1) is 11.8 Å². The molecule has 0 aliphatic carbocycles. The third-order valence-electron chi connectivity index (χ3n) is 7.40. The molecular formula is C28H32N2O6. The van der Waals surface area contributed by atoms with Crippen LogP contribution in [0.2, 0.25) is 0 Å².